The van der Waals surface area contributed by atoms with Crippen molar-refractivity contribution in [2.45, 2.75) is 65.4 Å². The summed E-state index contributed by atoms with van der Waals surface area (Å²) in [4.78, 5) is 23.9. The summed E-state index contributed by atoms with van der Waals surface area (Å²) < 4.78 is 5.16. The smallest absolute Gasteiger partial charge is 0.314 e. The lowest BCUT2D eigenvalue weighted by atomic mass is 9.64. The molecule has 0 aliphatic heterocycles. The van der Waals surface area contributed by atoms with Gasteiger partial charge in [0.2, 0.25) is 0 Å². The second-order valence-electron chi connectivity index (χ2n) is 8.18. The van der Waals surface area contributed by atoms with Gasteiger partial charge in [0, 0.05) is 12.0 Å². The number of aliphatic hydroxyl groups is 1. The van der Waals surface area contributed by atoms with Crippen molar-refractivity contribution < 1.29 is 19.4 Å². The highest BCUT2D eigenvalue weighted by atomic mass is 16.6. The van der Waals surface area contributed by atoms with E-state index in [1.54, 1.807) is 20.8 Å². The normalized spacial score (nSPS) is 30.6. The number of ether oxygens (including phenoxy) is 1. The number of hydrogen-bond acceptors (Lipinski definition) is 4. The monoisotopic (exact) mass is 334 g/mol. The molecular formula is C20H30O4. The first-order valence-corrected chi connectivity index (χ1v) is 9.01. The van der Waals surface area contributed by atoms with Crippen molar-refractivity contribution >= 4 is 11.8 Å². The van der Waals surface area contributed by atoms with Crippen LogP contribution in [0.2, 0.25) is 0 Å². The Morgan fingerprint density at radius 1 is 1.21 bits per heavy atom. The van der Waals surface area contributed by atoms with Crippen molar-refractivity contribution in [3.05, 3.63) is 24.0 Å². The van der Waals surface area contributed by atoms with Crippen molar-refractivity contribution in [2.75, 3.05) is 0 Å². The van der Waals surface area contributed by atoms with E-state index in [1.807, 2.05) is 0 Å². The maximum Gasteiger partial charge on any atom is 0.314 e. The molecule has 0 bridgehead atoms. The average molecular weight is 334 g/mol. The topological polar surface area (TPSA) is 63.6 Å². The van der Waals surface area contributed by atoms with Gasteiger partial charge in [-0.2, -0.15) is 0 Å². The number of hydrogen-bond donors (Lipinski definition) is 1. The van der Waals surface area contributed by atoms with Gasteiger partial charge in [-0.1, -0.05) is 31.9 Å². The van der Waals surface area contributed by atoms with E-state index in [2.05, 4.69) is 19.1 Å². The van der Waals surface area contributed by atoms with E-state index in [-0.39, 0.29) is 24.0 Å². The van der Waals surface area contributed by atoms with E-state index in [9.17, 15) is 14.7 Å². The molecule has 1 N–H and O–H groups in total. The molecule has 0 spiro atoms. The molecule has 2 aliphatic carbocycles. The minimum absolute atomic E-state index is 0.0251. The molecule has 0 unspecified atom stereocenters. The fraction of sp³-hybridized carbons (Fsp3) is 0.700. The SMILES string of the molecule is C[C@@H]1C=C[C@@H]2CCCC[C@H]2[C@@H]1/C(O)=C/C(=O)CC(=O)OC(C)(C)C. The molecule has 2 aliphatic rings. The fourth-order valence-corrected chi connectivity index (χ4v) is 4.02. The lowest BCUT2D eigenvalue weighted by molar-refractivity contribution is -0.155. The molecule has 1 fully saturated rings. The van der Waals surface area contributed by atoms with Crippen LogP contribution >= 0.6 is 0 Å². The van der Waals surface area contributed by atoms with Crippen LogP contribution in [0, 0.1) is 23.7 Å². The van der Waals surface area contributed by atoms with Crippen molar-refractivity contribution in [2.24, 2.45) is 23.7 Å². The van der Waals surface area contributed by atoms with Gasteiger partial charge in [0.25, 0.3) is 0 Å². The highest BCUT2D eigenvalue weighted by Crippen LogP contribution is 2.45. The Balaban J connectivity index is 2.04. The van der Waals surface area contributed by atoms with Gasteiger partial charge < -0.3 is 9.84 Å². The zero-order valence-corrected chi connectivity index (χ0v) is 15.2. The Bertz CT molecular complexity index is 538. The minimum Gasteiger partial charge on any atom is -0.512 e. The molecule has 0 aromatic rings. The number of allylic oxidation sites excluding steroid dienone is 4. The van der Waals surface area contributed by atoms with Crippen molar-refractivity contribution in [1.29, 1.82) is 0 Å². The molecule has 0 heterocycles. The summed E-state index contributed by atoms with van der Waals surface area (Å²) in [5.41, 5.74) is -0.610. The molecule has 2 rings (SSSR count). The van der Waals surface area contributed by atoms with E-state index in [1.165, 1.54) is 18.9 Å². The van der Waals surface area contributed by atoms with E-state index >= 15 is 0 Å². The quantitative estimate of drug-likeness (QED) is 0.273. The molecule has 0 aromatic heterocycles. The van der Waals surface area contributed by atoms with Crippen LogP contribution in [-0.4, -0.2) is 22.5 Å². The van der Waals surface area contributed by atoms with E-state index < -0.39 is 17.4 Å². The second kappa shape index (κ2) is 7.54. The molecule has 134 valence electrons. The Hall–Kier alpha value is -1.58. The number of carbonyl (C=O) groups is 2. The van der Waals surface area contributed by atoms with Crippen LogP contribution in [0.4, 0.5) is 0 Å². The van der Waals surface area contributed by atoms with Crippen LogP contribution < -0.4 is 0 Å². The van der Waals surface area contributed by atoms with Gasteiger partial charge in [-0.05, 0) is 51.4 Å². The maximum atomic E-state index is 12.1. The summed E-state index contributed by atoms with van der Waals surface area (Å²) >= 11 is 0. The van der Waals surface area contributed by atoms with Gasteiger partial charge in [-0.25, -0.2) is 0 Å². The van der Waals surface area contributed by atoms with Crippen LogP contribution in [0.5, 0.6) is 0 Å². The van der Waals surface area contributed by atoms with Crippen molar-refractivity contribution in [1.82, 2.24) is 0 Å². The molecule has 1 saturated carbocycles. The van der Waals surface area contributed by atoms with Crippen LogP contribution in [-0.2, 0) is 14.3 Å². The minimum atomic E-state index is -0.610. The molecule has 0 aromatic carbocycles. The third-order valence-electron chi connectivity index (χ3n) is 4.95. The molecule has 4 nitrogen and oxygen atoms in total. The van der Waals surface area contributed by atoms with Crippen LogP contribution in [0.3, 0.4) is 0 Å². The van der Waals surface area contributed by atoms with Gasteiger partial charge in [-0.3, -0.25) is 9.59 Å². The summed E-state index contributed by atoms with van der Waals surface area (Å²) in [5.74, 6) is 0.246. The predicted octanol–water partition coefficient (Wildman–Crippen LogP) is 4.36. The Labute approximate surface area is 145 Å². The molecule has 0 saturated heterocycles. The highest BCUT2D eigenvalue weighted by Gasteiger charge is 2.38. The summed E-state index contributed by atoms with van der Waals surface area (Å²) in [6, 6.07) is 0. The Kier molecular flexibility index (Phi) is 5.89. The second-order valence-corrected chi connectivity index (χ2v) is 8.18. The molecule has 0 amide bonds. The largest absolute Gasteiger partial charge is 0.512 e. The fourth-order valence-electron chi connectivity index (χ4n) is 4.02. The van der Waals surface area contributed by atoms with E-state index in [0.29, 0.717) is 11.8 Å². The molecule has 24 heavy (non-hydrogen) atoms. The Morgan fingerprint density at radius 3 is 2.54 bits per heavy atom. The van der Waals surface area contributed by atoms with Gasteiger partial charge in [0.15, 0.2) is 5.78 Å². The summed E-state index contributed by atoms with van der Waals surface area (Å²) in [6.45, 7) is 7.38. The number of esters is 1. The first kappa shape index (κ1) is 18.8. The van der Waals surface area contributed by atoms with Gasteiger partial charge >= 0.3 is 5.97 Å². The highest BCUT2D eigenvalue weighted by molar-refractivity contribution is 6.02. The van der Waals surface area contributed by atoms with Crippen molar-refractivity contribution in [3.8, 4) is 0 Å². The summed E-state index contributed by atoms with van der Waals surface area (Å²) in [6.07, 6.45) is 10.0. The van der Waals surface area contributed by atoms with Crippen LogP contribution in [0.15, 0.2) is 24.0 Å². The molecular weight excluding hydrogens is 304 g/mol. The van der Waals surface area contributed by atoms with Gasteiger partial charge in [0.05, 0.1) is 5.76 Å². The number of carbonyl (C=O) groups excluding carboxylic acids is 2. The Morgan fingerprint density at radius 2 is 1.88 bits per heavy atom. The number of fused-ring (bicyclic) bond motifs is 1. The van der Waals surface area contributed by atoms with E-state index in [0.717, 1.165) is 12.8 Å². The lowest BCUT2D eigenvalue weighted by Crippen LogP contribution is -2.34. The summed E-state index contributed by atoms with van der Waals surface area (Å²) in [7, 11) is 0. The molecule has 0 radical (unpaired) electrons. The maximum absolute atomic E-state index is 12.1. The van der Waals surface area contributed by atoms with Crippen LogP contribution in [0.1, 0.15) is 59.8 Å². The average Bonchev–Trinajstić information content (AvgIpc) is 2.44. The van der Waals surface area contributed by atoms with Crippen molar-refractivity contribution in [3.63, 3.8) is 0 Å². The number of ketones is 1. The standard InChI is InChI=1S/C20H30O4/c1-13-9-10-14-7-5-6-8-16(14)19(13)17(22)11-15(21)12-18(23)24-20(2,3)4/h9-11,13-14,16,19,22H,5-8,12H2,1-4H3/b17-11-/t13-,14+,16-,19-/m1/s1. The first-order valence-electron chi connectivity index (χ1n) is 9.01. The zero-order valence-electron chi connectivity index (χ0n) is 15.2. The van der Waals surface area contributed by atoms with Gasteiger partial charge in [-0.15, -0.1) is 0 Å². The number of rotatable bonds is 4. The van der Waals surface area contributed by atoms with Gasteiger partial charge in [0.1, 0.15) is 12.0 Å². The predicted molar refractivity (Wildman–Crippen MR) is 93.4 cm³/mol. The van der Waals surface area contributed by atoms with Crippen LogP contribution in [0.25, 0.3) is 0 Å². The third-order valence-corrected chi connectivity index (χ3v) is 4.95. The summed E-state index contributed by atoms with van der Waals surface area (Å²) in [5, 5.41) is 10.6. The zero-order chi connectivity index (χ0) is 17.9. The van der Waals surface area contributed by atoms with E-state index in [4.69, 9.17) is 4.74 Å². The molecule has 4 atom stereocenters. The number of aliphatic hydroxyl groups excluding tert-OH is 1. The first-order chi connectivity index (χ1) is 11.2. The lowest BCUT2D eigenvalue weighted by Gasteiger charge is -2.41. The molecule has 4 heteroatoms. The third kappa shape index (κ3) is 4.96.